The number of ether oxygens (including phenoxy) is 2. The predicted molar refractivity (Wildman–Crippen MR) is 131 cm³/mol. The molecular weight excluding hydrogens is 450 g/mol. The van der Waals surface area contributed by atoms with Gasteiger partial charge in [0.05, 0.1) is 19.9 Å². The monoisotopic (exact) mass is 471 g/mol. The maximum Gasteiger partial charge on any atom is 0.251 e. The molecule has 34 heavy (non-hydrogen) atoms. The van der Waals surface area contributed by atoms with Gasteiger partial charge >= 0.3 is 0 Å². The lowest BCUT2D eigenvalue weighted by atomic mass is 10.0. The highest BCUT2D eigenvalue weighted by Crippen LogP contribution is 2.35. The molecule has 0 fully saturated rings. The van der Waals surface area contributed by atoms with Crippen molar-refractivity contribution in [2.45, 2.75) is 6.54 Å². The molecule has 2 heterocycles. The average Bonchev–Trinajstić information content (AvgIpc) is 3.57. The lowest BCUT2D eigenvalue weighted by Gasteiger charge is -2.14. The second-order valence-electron chi connectivity index (χ2n) is 7.50. The molecule has 0 atom stereocenters. The summed E-state index contributed by atoms with van der Waals surface area (Å²) in [5.41, 5.74) is 3.98. The molecule has 3 aromatic carbocycles. The number of carbonyl (C=O) groups excluding carboxylic acids is 1. The van der Waals surface area contributed by atoms with Crippen molar-refractivity contribution >= 4 is 27.3 Å². The molecular formula is C25H21N5O3S. The van der Waals surface area contributed by atoms with E-state index in [0.717, 1.165) is 22.1 Å². The smallest absolute Gasteiger partial charge is 0.251 e. The molecule has 0 saturated heterocycles. The van der Waals surface area contributed by atoms with Gasteiger partial charge in [0.1, 0.15) is 6.33 Å². The topological polar surface area (TPSA) is 91.2 Å². The number of fused-ring (bicyclic) bond motifs is 1. The van der Waals surface area contributed by atoms with Crippen molar-refractivity contribution in [3.05, 3.63) is 83.5 Å². The van der Waals surface area contributed by atoms with Crippen LogP contribution in [0.15, 0.2) is 72.4 Å². The van der Waals surface area contributed by atoms with Crippen LogP contribution in [0.5, 0.6) is 11.5 Å². The minimum absolute atomic E-state index is 0.222. The van der Waals surface area contributed by atoms with Crippen molar-refractivity contribution in [1.29, 1.82) is 0 Å². The molecule has 0 aliphatic rings. The standard InChI is InChI=1S/C25H21N5O3S/c1-32-22-8-5-6-16(24(22)33-2)13-26-25(31)18-10-17(11-19(12-18)30-15-27-28-29-30)21-14-34-23-9-4-3-7-20(21)23/h3-12,14-15H,13H2,1-2H3,(H,26,31). The number of nitrogens with zero attached hydrogens (tertiary/aromatic N) is 4. The zero-order chi connectivity index (χ0) is 23.5. The number of benzene rings is 3. The molecule has 1 amide bonds. The highest BCUT2D eigenvalue weighted by Gasteiger charge is 2.16. The SMILES string of the molecule is COc1cccc(CNC(=O)c2cc(-c3csc4ccccc34)cc(-n3cnnn3)c2)c1OC. The minimum Gasteiger partial charge on any atom is -0.493 e. The third-order valence-corrected chi connectivity index (χ3v) is 6.47. The van der Waals surface area contributed by atoms with E-state index in [4.69, 9.17) is 9.47 Å². The molecule has 0 aliphatic heterocycles. The number of carbonyl (C=O) groups is 1. The second kappa shape index (κ2) is 9.32. The van der Waals surface area contributed by atoms with Gasteiger partial charge in [0.15, 0.2) is 11.5 Å². The van der Waals surface area contributed by atoms with Crippen molar-refractivity contribution in [2.24, 2.45) is 0 Å². The van der Waals surface area contributed by atoms with Gasteiger partial charge in [-0.15, -0.1) is 16.4 Å². The maximum absolute atomic E-state index is 13.2. The summed E-state index contributed by atoms with van der Waals surface area (Å²) >= 11 is 1.67. The van der Waals surface area contributed by atoms with Crippen LogP contribution >= 0.6 is 11.3 Å². The van der Waals surface area contributed by atoms with Crippen LogP contribution in [0.3, 0.4) is 0 Å². The fraction of sp³-hybridized carbons (Fsp3) is 0.120. The molecule has 8 nitrogen and oxygen atoms in total. The van der Waals surface area contributed by atoms with Crippen LogP contribution in [0.4, 0.5) is 0 Å². The van der Waals surface area contributed by atoms with Gasteiger partial charge in [-0.1, -0.05) is 30.3 Å². The van der Waals surface area contributed by atoms with E-state index in [1.54, 1.807) is 36.3 Å². The van der Waals surface area contributed by atoms with Crippen molar-refractivity contribution in [2.75, 3.05) is 14.2 Å². The number of thiophene rings is 1. The van der Waals surface area contributed by atoms with Crippen LogP contribution < -0.4 is 14.8 Å². The first-order valence-corrected chi connectivity index (χ1v) is 11.4. The quantitative estimate of drug-likeness (QED) is 0.376. The van der Waals surface area contributed by atoms with Crippen LogP contribution in [-0.4, -0.2) is 40.3 Å². The summed E-state index contributed by atoms with van der Waals surface area (Å²) in [6.45, 7) is 0.283. The van der Waals surface area contributed by atoms with Crippen molar-refractivity contribution in [3.63, 3.8) is 0 Å². The Bertz CT molecular complexity index is 1460. The predicted octanol–water partition coefficient (Wildman–Crippen LogP) is 4.49. The minimum atomic E-state index is -0.222. The first-order chi connectivity index (χ1) is 16.7. The summed E-state index contributed by atoms with van der Waals surface area (Å²) in [4.78, 5) is 13.2. The summed E-state index contributed by atoms with van der Waals surface area (Å²) in [5, 5.41) is 17.7. The number of rotatable bonds is 7. The van der Waals surface area contributed by atoms with E-state index in [2.05, 4.69) is 38.4 Å². The van der Waals surface area contributed by atoms with E-state index in [9.17, 15) is 4.79 Å². The molecule has 170 valence electrons. The molecule has 0 saturated carbocycles. The van der Waals surface area contributed by atoms with Gasteiger partial charge in [-0.25, -0.2) is 4.68 Å². The number of aromatic nitrogens is 4. The Morgan fingerprint density at radius 3 is 2.74 bits per heavy atom. The van der Waals surface area contributed by atoms with Crippen LogP contribution in [0.25, 0.3) is 26.9 Å². The van der Waals surface area contributed by atoms with Gasteiger partial charge < -0.3 is 14.8 Å². The largest absolute Gasteiger partial charge is 0.493 e. The lowest BCUT2D eigenvalue weighted by Crippen LogP contribution is -2.23. The molecule has 0 unspecified atom stereocenters. The molecule has 9 heteroatoms. The van der Waals surface area contributed by atoms with E-state index < -0.39 is 0 Å². The van der Waals surface area contributed by atoms with E-state index >= 15 is 0 Å². The second-order valence-corrected chi connectivity index (χ2v) is 8.42. The Balaban J connectivity index is 1.51. The average molecular weight is 472 g/mol. The number of nitrogens with one attached hydrogen (secondary N) is 1. The van der Waals surface area contributed by atoms with Crippen LogP contribution in [0.1, 0.15) is 15.9 Å². The summed E-state index contributed by atoms with van der Waals surface area (Å²) in [7, 11) is 3.16. The van der Waals surface area contributed by atoms with E-state index in [1.165, 1.54) is 11.0 Å². The van der Waals surface area contributed by atoms with E-state index in [1.807, 2.05) is 42.5 Å². The summed E-state index contributed by atoms with van der Waals surface area (Å²) in [6, 6.07) is 19.4. The van der Waals surface area contributed by atoms with Gasteiger partial charge in [-0.3, -0.25) is 4.79 Å². The fourth-order valence-electron chi connectivity index (χ4n) is 3.88. The molecule has 2 aromatic heterocycles. The van der Waals surface area contributed by atoms with Gasteiger partial charge in [0.25, 0.3) is 5.91 Å². The first-order valence-electron chi connectivity index (χ1n) is 10.5. The lowest BCUT2D eigenvalue weighted by molar-refractivity contribution is 0.0950. The molecule has 0 aliphatic carbocycles. The highest BCUT2D eigenvalue weighted by molar-refractivity contribution is 7.17. The Kier molecular flexibility index (Phi) is 5.92. The Labute approximate surface area is 199 Å². The van der Waals surface area contributed by atoms with Crippen molar-refractivity contribution in [1.82, 2.24) is 25.5 Å². The van der Waals surface area contributed by atoms with Gasteiger partial charge in [-0.05, 0) is 51.7 Å². The number of hydrogen-bond donors (Lipinski definition) is 1. The zero-order valence-corrected chi connectivity index (χ0v) is 19.4. The summed E-state index contributed by atoms with van der Waals surface area (Å²) in [5.74, 6) is 0.986. The first kappa shape index (κ1) is 21.6. The van der Waals surface area contributed by atoms with Crippen LogP contribution in [0.2, 0.25) is 0 Å². The zero-order valence-electron chi connectivity index (χ0n) is 18.6. The third kappa shape index (κ3) is 4.08. The van der Waals surface area contributed by atoms with Crippen molar-refractivity contribution in [3.8, 4) is 28.3 Å². The number of hydrogen-bond acceptors (Lipinski definition) is 7. The Morgan fingerprint density at radius 1 is 1.06 bits per heavy atom. The molecule has 5 rings (SSSR count). The highest BCUT2D eigenvalue weighted by atomic mass is 32.1. The Morgan fingerprint density at radius 2 is 1.94 bits per heavy atom. The fourth-order valence-corrected chi connectivity index (χ4v) is 4.85. The molecule has 5 aromatic rings. The number of amides is 1. The van der Waals surface area contributed by atoms with E-state index in [-0.39, 0.29) is 12.5 Å². The summed E-state index contributed by atoms with van der Waals surface area (Å²) in [6.07, 6.45) is 1.51. The van der Waals surface area contributed by atoms with E-state index in [0.29, 0.717) is 22.7 Å². The normalized spacial score (nSPS) is 10.9. The van der Waals surface area contributed by atoms with Crippen LogP contribution in [0, 0.1) is 0 Å². The van der Waals surface area contributed by atoms with Crippen LogP contribution in [-0.2, 0) is 6.54 Å². The number of tetrazole rings is 1. The molecule has 0 spiro atoms. The Hall–Kier alpha value is -4.24. The van der Waals surface area contributed by atoms with Gasteiger partial charge in [0, 0.05) is 33.3 Å². The number of para-hydroxylation sites is 1. The summed E-state index contributed by atoms with van der Waals surface area (Å²) < 4.78 is 13.6. The maximum atomic E-state index is 13.2. The third-order valence-electron chi connectivity index (χ3n) is 5.51. The van der Waals surface area contributed by atoms with Gasteiger partial charge in [-0.2, -0.15) is 0 Å². The molecule has 0 radical (unpaired) electrons. The molecule has 0 bridgehead atoms. The number of methoxy groups -OCH3 is 2. The van der Waals surface area contributed by atoms with Gasteiger partial charge in [0.2, 0.25) is 0 Å². The molecule has 1 N–H and O–H groups in total. The van der Waals surface area contributed by atoms with Crippen molar-refractivity contribution < 1.29 is 14.3 Å².